The smallest absolute Gasteiger partial charge is 0.356 e. The highest BCUT2D eigenvalue weighted by atomic mass is 16.5. The quantitative estimate of drug-likeness (QED) is 0.665. The molecule has 90 valence electrons. The van der Waals surface area contributed by atoms with Gasteiger partial charge in [0, 0.05) is 16.3 Å². The molecule has 0 unspecified atom stereocenters. The number of hydrogen-bond acceptors (Lipinski definition) is 3. The van der Waals surface area contributed by atoms with Gasteiger partial charge in [-0.1, -0.05) is 18.2 Å². The lowest BCUT2D eigenvalue weighted by Crippen LogP contribution is -2.06. The summed E-state index contributed by atoms with van der Waals surface area (Å²) in [6, 6.07) is 7.99. The van der Waals surface area contributed by atoms with E-state index in [1.165, 1.54) is 7.11 Å². The third-order valence-electron chi connectivity index (χ3n) is 3.17. The molecule has 1 aromatic carbocycles. The number of nitrogens with one attached hydrogen (secondary N) is 1. The summed E-state index contributed by atoms with van der Waals surface area (Å²) in [6.45, 7) is 1.89. The Bertz CT molecular complexity index is 759. The minimum atomic E-state index is -0.403. The van der Waals surface area contributed by atoms with Crippen molar-refractivity contribution in [2.45, 2.75) is 6.92 Å². The van der Waals surface area contributed by atoms with Crippen LogP contribution < -0.4 is 0 Å². The number of methoxy groups -OCH3 is 1. The first-order valence-electron chi connectivity index (χ1n) is 5.66. The molecule has 0 aliphatic rings. The lowest BCUT2D eigenvalue weighted by atomic mass is 10.1. The van der Waals surface area contributed by atoms with Gasteiger partial charge >= 0.3 is 5.97 Å². The van der Waals surface area contributed by atoms with Gasteiger partial charge in [-0.15, -0.1) is 0 Å². The molecule has 4 nitrogen and oxygen atoms in total. The highest BCUT2D eigenvalue weighted by Crippen LogP contribution is 2.28. The van der Waals surface area contributed by atoms with Gasteiger partial charge in [-0.25, -0.2) is 9.78 Å². The second-order valence-electron chi connectivity index (χ2n) is 4.18. The molecule has 0 spiro atoms. The number of hydrogen-bond donors (Lipinski definition) is 1. The largest absolute Gasteiger partial charge is 0.464 e. The van der Waals surface area contributed by atoms with Crippen molar-refractivity contribution in [3.8, 4) is 0 Å². The maximum absolute atomic E-state index is 11.6. The Labute approximate surface area is 104 Å². The van der Waals surface area contributed by atoms with Crippen LogP contribution in [-0.4, -0.2) is 23.0 Å². The van der Waals surface area contributed by atoms with Crippen LogP contribution in [0.15, 0.2) is 30.5 Å². The van der Waals surface area contributed by atoms with E-state index in [1.54, 1.807) is 6.20 Å². The Morgan fingerprint density at radius 2 is 2.06 bits per heavy atom. The number of pyridine rings is 1. The number of H-pyrrole nitrogens is 1. The lowest BCUT2D eigenvalue weighted by Gasteiger charge is -2.03. The standard InChI is InChI=1S/C14H12N2O2/c1-8-12-9-5-3-4-6-10(9)16-11(12)7-15-13(8)14(17)18-2/h3-7,16H,1-2H3. The van der Waals surface area contributed by atoms with Crippen LogP contribution in [0.3, 0.4) is 0 Å². The van der Waals surface area contributed by atoms with Gasteiger partial charge in [0.1, 0.15) is 0 Å². The van der Waals surface area contributed by atoms with Crippen LogP contribution in [0.4, 0.5) is 0 Å². The summed E-state index contributed by atoms with van der Waals surface area (Å²) in [5.74, 6) is -0.403. The van der Waals surface area contributed by atoms with Gasteiger partial charge in [0.05, 0.1) is 18.8 Å². The van der Waals surface area contributed by atoms with E-state index in [1.807, 2.05) is 31.2 Å². The zero-order valence-electron chi connectivity index (χ0n) is 10.2. The number of esters is 1. The Morgan fingerprint density at radius 3 is 2.83 bits per heavy atom. The van der Waals surface area contributed by atoms with Crippen molar-refractivity contribution in [1.29, 1.82) is 0 Å². The van der Waals surface area contributed by atoms with Gasteiger partial charge in [-0.3, -0.25) is 0 Å². The molecule has 0 saturated carbocycles. The normalized spacial score (nSPS) is 11.0. The Balaban J connectivity index is 2.43. The summed E-state index contributed by atoms with van der Waals surface area (Å²) >= 11 is 0. The zero-order chi connectivity index (χ0) is 12.7. The van der Waals surface area contributed by atoms with E-state index >= 15 is 0 Å². The highest BCUT2D eigenvalue weighted by molar-refractivity contribution is 6.10. The van der Waals surface area contributed by atoms with Crippen molar-refractivity contribution in [2.75, 3.05) is 7.11 Å². The van der Waals surface area contributed by atoms with Gasteiger partial charge < -0.3 is 9.72 Å². The predicted molar refractivity (Wildman–Crippen MR) is 69.7 cm³/mol. The van der Waals surface area contributed by atoms with Gasteiger partial charge in [0.15, 0.2) is 5.69 Å². The number of ether oxygens (including phenoxy) is 1. The van der Waals surface area contributed by atoms with Crippen molar-refractivity contribution in [1.82, 2.24) is 9.97 Å². The van der Waals surface area contributed by atoms with Crippen LogP contribution in [0.1, 0.15) is 16.1 Å². The summed E-state index contributed by atoms with van der Waals surface area (Å²) in [7, 11) is 1.36. The number of aromatic amines is 1. The summed E-state index contributed by atoms with van der Waals surface area (Å²) in [5, 5.41) is 2.12. The monoisotopic (exact) mass is 240 g/mol. The van der Waals surface area contributed by atoms with Crippen molar-refractivity contribution < 1.29 is 9.53 Å². The molecule has 0 saturated heterocycles. The Kier molecular flexibility index (Phi) is 2.30. The molecule has 3 rings (SSSR count). The topological polar surface area (TPSA) is 55.0 Å². The minimum absolute atomic E-state index is 0.370. The van der Waals surface area contributed by atoms with Crippen molar-refractivity contribution in [3.63, 3.8) is 0 Å². The first-order chi connectivity index (χ1) is 8.72. The third-order valence-corrected chi connectivity index (χ3v) is 3.17. The number of nitrogens with zero attached hydrogens (tertiary/aromatic N) is 1. The number of benzene rings is 1. The molecule has 0 atom stereocenters. The van der Waals surface area contributed by atoms with Crippen LogP contribution in [-0.2, 0) is 4.74 Å². The third kappa shape index (κ3) is 1.39. The first kappa shape index (κ1) is 10.8. The Hall–Kier alpha value is -2.36. The number of aryl methyl sites for hydroxylation is 1. The molecule has 1 N–H and O–H groups in total. The van der Waals surface area contributed by atoms with Crippen molar-refractivity contribution in [3.05, 3.63) is 41.7 Å². The average Bonchev–Trinajstić information content (AvgIpc) is 2.77. The van der Waals surface area contributed by atoms with E-state index < -0.39 is 5.97 Å². The number of carbonyl (C=O) groups excluding carboxylic acids is 1. The molecule has 4 heteroatoms. The molecule has 0 aliphatic carbocycles. The lowest BCUT2D eigenvalue weighted by molar-refractivity contribution is 0.0593. The highest BCUT2D eigenvalue weighted by Gasteiger charge is 2.16. The van der Waals surface area contributed by atoms with E-state index in [2.05, 4.69) is 9.97 Å². The van der Waals surface area contributed by atoms with Gasteiger partial charge in [-0.2, -0.15) is 0 Å². The number of rotatable bonds is 1. The molecule has 0 aliphatic heterocycles. The second kappa shape index (κ2) is 3.84. The first-order valence-corrected chi connectivity index (χ1v) is 5.66. The molecule has 0 fully saturated rings. The SMILES string of the molecule is COC(=O)c1ncc2[nH]c3ccccc3c2c1C. The maximum Gasteiger partial charge on any atom is 0.356 e. The second-order valence-corrected chi connectivity index (χ2v) is 4.18. The molecular weight excluding hydrogens is 228 g/mol. The van der Waals surface area contributed by atoms with Crippen LogP contribution in [0.25, 0.3) is 21.8 Å². The Morgan fingerprint density at radius 1 is 1.28 bits per heavy atom. The fourth-order valence-corrected chi connectivity index (χ4v) is 2.31. The van der Waals surface area contributed by atoms with E-state index in [4.69, 9.17) is 4.74 Å². The maximum atomic E-state index is 11.6. The summed E-state index contributed by atoms with van der Waals surface area (Å²) in [4.78, 5) is 19.1. The van der Waals surface area contributed by atoms with Gasteiger partial charge in [0.25, 0.3) is 0 Å². The molecule has 0 radical (unpaired) electrons. The van der Waals surface area contributed by atoms with Gasteiger partial charge in [0.2, 0.25) is 0 Å². The molecule has 0 amide bonds. The summed E-state index contributed by atoms with van der Waals surface area (Å²) in [5.41, 5.74) is 3.19. The molecule has 0 bridgehead atoms. The number of aromatic nitrogens is 2. The van der Waals surface area contributed by atoms with E-state index in [0.717, 1.165) is 27.4 Å². The average molecular weight is 240 g/mol. The molecule has 18 heavy (non-hydrogen) atoms. The number of fused-ring (bicyclic) bond motifs is 3. The van der Waals surface area contributed by atoms with E-state index in [9.17, 15) is 4.79 Å². The molecule has 3 aromatic rings. The minimum Gasteiger partial charge on any atom is -0.464 e. The van der Waals surface area contributed by atoms with Gasteiger partial charge in [-0.05, 0) is 18.6 Å². The van der Waals surface area contributed by atoms with E-state index in [0.29, 0.717) is 5.69 Å². The van der Waals surface area contributed by atoms with Crippen LogP contribution >= 0.6 is 0 Å². The number of carbonyl (C=O) groups is 1. The zero-order valence-corrected chi connectivity index (χ0v) is 10.2. The van der Waals surface area contributed by atoms with Crippen LogP contribution in [0.2, 0.25) is 0 Å². The number of para-hydroxylation sites is 1. The summed E-state index contributed by atoms with van der Waals surface area (Å²) in [6.07, 6.45) is 1.68. The van der Waals surface area contributed by atoms with E-state index in [-0.39, 0.29) is 0 Å². The predicted octanol–water partition coefficient (Wildman–Crippen LogP) is 2.81. The summed E-state index contributed by atoms with van der Waals surface area (Å²) < 4.78 is 4.74. The molecule has 2 heterocycles. The van der Waals surface area contributed by atoms with Crippen LogP contribution in [0.5, 0.6) is 0 Å². The van der Waals surface area contributed by atoms with Crippen LogP contribution in [0, 0.1) is 6.92 Å². The molecule has 2 aromatic heterocycles. The fraction of sp³-hybridized carbons (Fsp3) is 0.143. The van der Waals surface area contributed by atoms with Crippen molar-refractivity contribution >= 4 is 27.8 Å². The fourth-order valence-electron chi connectivity index (χ4n) is 2.31. The van der Waals surface area contributed by atoms with Crippen molar-refractivity contribution in [2.24, 2.45) is 0 Å². The molecular formula is C14H12N2O2.